The number of ether oxygens (including phenoxy) is 2. The second-order valence-corrected chi connectivity index (χ2v) is 4.25. The number of nitrogens with one attached hydrogen (secondary N) is 2. The first-order chi connectivity index (χ1) is 9.20. The maximum absolute atomic E-state index is 12.0. The highest BCUT2D eigenvalue weighted by atomic mass is 16.5. The van der Waals surface area contributed by atoms with Crippen LogP contribution in [0.4, 0.5) is 0 Å². The van der Waals surface area contributed by atoms with E-state index in [-0.39, 0.29) is 18.4 Å². The SMILES string of the molecule is CCNC(=O)C1CNCCN1C(=O)COCCOC. The molecule has 1 atom stereocenters. The fraction of sp³-hybridized carbons (Fsp3) is 0.833. The number of nitrogens with zero attached hydrogens (tertiary/aromatic N) is 1. The lowest BCUT2D eigenvalue weighted by atomic mass is 10.1. The van der Waals surface area contributed by atoms with Crippen LogP contribution in [0.5, 0.6) is 0 Å². The maximum atomic E-state index is 12.0. The Bertz CT molecular complexity index is 299. The fourth-order valence-electron chi connectivity index (χ4n) is 1.91. The van der Waals surface area contributed by atoms with Gasteiger partial charge in [0.05, 0.1) is 13.2 Å². The molecule has 7 heteroatoms. The summed E-state index contributed by atoms with van der Waals surface area (Å²) in [4.78, 5) is 25.5. The van der Waals surface area contributed by atoms with Gasteiger partial charge in [-0.15, -0.1) is 0 Å². The number of likely N-dealkylation sites (N-methyl/N-ethyl adjacent to an activating group) is 1. The van der Waals surface area contributed by atoms with Crippen molar-refractivity contribution in [1.82, 2.24) is 15.5 Å². The lowest BCUT2D eigenvalue weighted by Gasteiger charge is -2.35. The third kappa shape index (κ3) is 5.14. The highest BCUT2D eigenvalue weighted by Crippen LogP contribution is 2.04. The lowest BCUT2D eigenvalue weighted by Crippen LogP contribution is -2.60. The number of hydrogen-bond acceptors (Lipinski definition) is 5. The van der Waals surface area contributed by atoms with E-state index in [1.165, 1.54) is 0 Å². The molecule has 2 amide bonds. The van der Waals surface area contributed by atoms with Crippen LogP contribution in [-0.2, 0) is 19.1 Å². The quantitative estimate of drug-likeness (QED) is 0.557. The molecule has 1 rings (SSSR count). The van der Waals surface area contributed by atoms with Crippen LogP contribution in [-0.4, -0.2) is 75.9 Å². The van der Waals surface area contributed by atoms with E-state index in [4.69, 9.17) is 9.47 Å². The fourth-order valence-corrected chi connectivity index (χ4v) is 1.91. The molecule has 110 valence electrons. The molecule has 19 heavy (non-hydrogen) atoms. The maximum Gasteiger partial charge on any atom is 0.249 e. The van der Waals surface area contributed by atoms with Gasteiger partial charge in [-0.05, 0) is 6.92 Å². The van der Waals surface area contributed by atoms with Gasteiger partial charge in [0.15, 0.2) is 0 Å². The first-order valence-corrected chi connectivity index (χ1v) is 6.55. The number of methoxy groups -OCH3 is 1. The number of piperazine rings is 1. The van der Waals surface area contributed by atoms with Crippen molar-refractivity contribution in [3.63, 3.8) is 0 Å². The molecule has 0 aromatic carbocycles. The largest absolute Gasteiger partial charge is 0.382 e. The Morgan fingerprint density at radius 3 is 2.89 bits per heavy atom. The Kier molecular flexibility index (Phi) is 7.39. The van der Waals surface area contributed by atoms with Crippen LogP contribution in [0, 0.1) is 0 Å². The zero-order valence-corrected chi connectivity index (χ0v) is 11.6. The molecule has 1 heterocycles. The molecule has 1 aliphatic rings. The highest BCUT2D eigenvalue weighted by molar-refractivity contribution is 5.88. The van der Waals surface area contributed by atoms with Gasteiger partial charge in [0, 0.05) is 33.3 Å². The second kappa shape index (κ2) is 8.84. The van der Waals surface area contributed by atoms with Crippen LogP contribution in [0.2, 0.25) is 0 Å². The first-order valence-electron chi connectivity index (χ1n) is 6.55. The van der Waals surface area contributed by atoms with E-state index in [1.54, 1.807) is 12.0 Å². The van der Waals surface area contributed by atoms with Crippen LogP contribution in [0.3, 0.4) is 0 Å². The summed E-state index contributed by atoms with van der Waals surface area (Å²) in [5.74, 6) is -0.284. The van der Waals surface area contributed by atoms with Crippen molar-refractivity contribution in [2.75, 3.05) is 53.1 Å². The zero-order valence-electron chi connectivity index (χ0n) is 11.6. The molecular formula is C12H23N3O4. The molecule has 1 fully saturated rings. The van der Waals surface area contributed by atoms with Crippen molar-refractivity contribution < 1.29 is 19.1 Å². The van der Waals surface area contributed by atoms with Crippen molar-refractivity contribution >= 4 is 11.8 Å². The molecule has 0 aromatic heterocycles. The minimum absolute atomic E-state index is 0.0146. The molecular weight excluding hydrogens is 250 g/mol. The van der Waals surface area contributed by atoms with Gasteiger partial charge in [-0.25, -0.2) is 0 Å². The van der Waals surface area contributed by atoms with Gasteiger partial charge in [-0.1, -0.05) is 0 Å². The third-order valence-corrected chi connectivity index (χ3v) is 2.87. The van der Waals surface area contributed by atoms with Gasteiger partial charge in [0.1, 0.15) is 12.6 Å². The van der Waals surface area contributed by atoms with E-state index in [0.29, 0.717) is 39.4 Å². The number of carbonyl (C=O) groups is 2. The number of rotatable bonds is 7. The van der Waals surface area contributed by atoms with Crippen molar-refractivity contribution in [2.24, 2.45) is 0 Å². The first kappa shape index (κ1) is 15.9. The van der Waals surface area contributed by atoms with E-state index >= 15 is 0 Å². The Morgan fingerprint density at radius 1 is 1.42 bits per heavy atom. The number of amides is 2. The summed E-state index contributed by atoms with van der Waals surface area (Å²) in [5.41, 5.74) is 0. The van der Waals surface area contributed by atoms with Crippen LogP contribution >= 0.6 is 0 Å². The summed E-state index contributed by atoms with van der Waals surface area (Å²) in [6.07, 6.45) is 0. The van der Waals surface area contributed by atoms with Gasteiger partial charge in [-0.2, -0.15) is 0 Å². The molecule has 1 aliphatic heterocycles. The molecule has 0 spiro atoms. The van der Waals surface area contributed by atoms with Crippen molar-refractivity contribution in [2.45, 2.75) is 13.0 Å². The Morgan fingerprint density at radius 2 is 2.21 bits per heavy atom. The molecule has 0 aromatic rings. The van der Waals surface area contributed by atoms with Gasteiger partial charge < -0.3 is 25.0 Å². The van der Waals surface area contributed by atoms with Gasteiger partial charge in [0.25, 0.3) is 0 Å². The van der Waals surface area contributed by atoms with Crippen LogP contribution < -0.4 is 10.6 Å². The van der Waals surface area contributed by atoms with Gasteiger partial charge in [0.2, 0.25) is 11.8 Å². The highest BCUT2D eigenvalue weighted by Gasteiger charge is 2.31. The molecule has 1 saturated heterocycles. The third-order valence-electron chi connectivity index (χ3n) is 2.87. The monoisotopic (exact) mass is 273 g/mol. The number of hydrogen-bond donors (Lipinski definition) is 2. The summed E-state index contributed by atoms with van der Waals surface area (Å²) in [6, 6.07) is -0.452. The molecule has 0 radical (unpaired) electrons. The van der Waals surface area contributed by atoms with Crippen molar-refractivity contribution in [3.05, 3.63) is 0 Å². The average Bonchev–Trinajstić information content (AvgIpc) is 2.43. The Hall–Kier alpha value is -1.18. The molecule has 1 unspecified atom stereocenters. The van der Waals surface area contributed by atoms with E-state index < -0.39 is 6.04 Å². The van der Waals surface area contributed by atoms with Crippen LogP contribution in [0.25, 0.3) is 0 Å². The van der Waals surface area contributed by atoms with E-state index in [1.807, 2.05) is 6.92 Å². The predicted octanol–water partition coefficient (Wildman–Crippen LogP) is -1.41. The average molecular weight is 273 g/mol. The molecule has 0 saturated carbocycles. The summed E-state index contributed by atoms with van der Waals surface area (Å²) < 4.78 is 10.0. The Labute approximate surface area is 113 Å². The second-order valence-electron chi connectivity index (χ2n) is 4.25. The van der Waals surface area contributed by atoms with Gasteiger partial charge in [-0.3, -0.25) is 9.59 Å². The van der Waals surface area contributed by atoms with Crippen molar-refractivity contribution in [1.29, 1.82) is 0 Å². The lowest BCUT2D eigenvalue weighted by molar-refractivity contribution is -0.145. The standard InChI is InChI=1S/C12H23N3O4/c1-3-14-12(17)10-8-13-4-5-15(10)11(16)9-19-7-6-18-2/h10,13H,3-9H2,1-2H3,(H,14,17). The minimum Gasteiger partial charge on any atom is -0.382 e. The van der Waals surface area contributed by atoms with Crippen LogP contribution in [0.15, 0.2) is 0 Å². The predicted molar refractivity (Wildman–Crippen MR) is 69.7 cm³/mol. The summed E-state index contributed by atoms with van der Waals surface area (Å²) in [7, 11) is 1.58. The minimum atomic E-state index is -0.452. The summed E-state index contributed by atoms with van der Waals surface area (Å²) in [5, 5.41) is 5.86. The zero-order chi connectivity index (χ0) is 14.1. The van der Waals surface area contributed by atoms with Crippen molar-refractivity contribution in [3.8, 4) is 0 Å². The normalized spacial score (nSPS) is 19.3. The molecule has 0 bridgehead atoms. The molecule has 0 aliphatic carbocycles. The van der Waals surface area contributed by atoms with Crippen LogP contribution in [0.1, 0.15) is 6.92 Å². The van der Waals surface area contributed by atoms with Gasteiger partial charge >= 0.3 is 0 Å². The topological polar surface area (TPSA) is 79.9 Å². The van der Waals surface area contributed by atoms with E-state index in [2.05, 4.69) is 10.6 Å². The molecule has 7 nitrogen and oxygen atoms in total. The smallest absolute Gasteiger partial charge is 0.249 e. The summed E-state index contributed by atoms with van der Waals surface area (Å²) >= 11 is 0. The van der Waals surface area contributed by atoms with E-state index in [9.17, 15) is 9.59 Å². The summed E-state index contributed by atoms with van der Waals surface area (Å²) in [6.45, 7) is 4.92. The van der Waals surface area contributed by atoms with E-state index in [0.717, 1.165) is 0 Å². The molecule has 2 N–H and O–H groups in total. The number of carbonyl (C=O) groups excluding carboxylic acids is 2. The Balaban J connectivity index is 2.46.